The van der Waals surface area contributed by atoms with Crippen LogP contribution in [0.4, 0.5) is 11.5 Å². The van der Waals surface area contributed by atoms with Gasteiger partial charge in [0.1, 0.15) is 5.82 Å². The number of anilines is 2. The number of pyridine rings is 1. The van der Waals surface area contributed by atoms with Crippen LogP contribution in [0.15, 0.2) is 36.5 Å². The lowest BCUT2D eigenvalue weighted by atomic mass is 9.77. The SMILES string of the molecule is Cc1cc(N2CC3(CCN(c4ccc(C(C)C)cn4)CC3)CC2C)ccc1C#N. The number of aryl methyl sites for hydroxylation is 1. The maximum atomic E-state index is 9.21. The molecular formula is C25H32N4. The average molecular weight is 389 g/mol. The van der Waals surface area contributed by atoms with Crippen molar-refractivity contribution in [3.8, 4) is 6.07 Å². The quantitative estimate of drug-likeness (QED) is 0.718. The van der Waals surface area contributed by atoms with Crippen molar-refractivity contribution < 1.29 is 0 Å². The number of hydrogen-bond acceptors (Lipinski definition) is 4. The molecule has 4 rings (SSSR count). The molecule has 3 heterocycles. The first kappa shape index (κ1) is 19.8. The zero-order chi connectivity index (χ0) is 20.6. The number of rotatable bonds is 3. The molecule has 0 amide bonds. The van der Waals surface area contributed by atoms with Crippen LogP contribution < -0.4 is 9.80 Å². The molecule has 2 fully saturated rings. The van der Waals surface area contributed by atoms with Gasteiger partial charge in [0.05, 0.1) is 11.6 Å². The molecular weight excluding hydrogens is 356 g/mol. The molecule has 0 radical (unpaired) electrons. The molecule has 29 heavy (non-hydrogen) atoms. The lowest BCUT2D eigenvalue weighted by Crippen LogP contribution is -2.42. The predicted molar refractivity (Wildman–Crippen MR) is 120 cm³/mol. The number of nitriles is 1. The van der Waals surface area contributed by atoms with Crippen LogP contribution in [0.5, 0.6) is 0 Å². The van der Waals surface area contributed by atoms with E-state index in [2.05, 4.69) is 60.9 Å². The standard InChI is InChI=1S/C25H32N4/c1-18(2)22-6-8-24(27-16-22)28-11-9-25(10-12-28)14-20(4)29(17-25)23-7-5-21(15-26)19(3)13-23/h5-8,13,16,18,20H,9-12,14,17H2,1-4H3. The second-order valence-electron chi connectivity index (χ2n) is 9.38. The van der Waals surface area contributed by atoms with E-state index in [1.165, 1.54) is 30.5 Å². The van der Waals surface area contributed by atoms with E-state index in [0.717, 1.165) is 36.6 Å². The van der Waals surface area contributed by atoms with Crippen molar-refractivity contribution in [1.82, 2.24) is 4.98 Å². The summed E-state index contributed by atoms with van der Waals surface area (Å²) in [5.74, 6) is 1.65. The highest BCUT2D eigenvalue weighted by Crippen LogP contribution is 2.45. The number of piperidine rings is 1. The molecule has 4 nitrogen and oxygen atoms in total. The minimum atomic E-state index is 0.398. The smallest absolute Gasteiger partial charge is 0.128 e. The molecule has 1 aromatic carbocycles. The molecule has 0 N–H and O–H groups in total. The van der Waals surface area contributed by atoms with Gasteiger partial charge in [0.2, 0.25) is 0 Å². The van der Waals surface area contributed by atoms with Crippen LogP contribution in [-0.4, -0.2) is 30.7 Å². The lowest BCUT2D eigenvalue weighted by molar-refractivity contribution is 0.244. The number of aromatic nitrogens is 1. The van der Waals surface area contributed by atoms with Crippen molar-refractivity contribution in [3.05, 3.63) is 53.2 Å². The Labute approximate surface area is 175 Å². The van der Waals surface area contributed by atoms with Crippen LogP contribution in [-0.2, 0) is 0 Å². The first-order chi connectivity index (χ1) is 13.9. The van der Waals surface area contributed by atoms with E-state index in [1.807, 2.05) is 19.2 Å². The second-order valence-corrected chi connectivity index (χ2v) is 9.38. The Morgan fingerprint density at radius 3 is 2.52 bits per heavy atom. The van der Waals surface area contributed by atoms with E-state index in [9.17, 15) is 5.26 Å². The molecule has 2 aromatic rings. The van der Waals surface area contributed by atoms with Gasteiger partial charge in [-0.25, -0.2) is 4.98 Å². The lowest BCUT2D eigenvalue weighted by Gasteiger charge is -2.40. The van der Waals surface area contributed by atoms with Gasteiger partial charge < -0.3 is 9.80 Å². The summed E-state index contributed by atoms with van der Waals surface area (Å²) in [6.07, 6.45) is 5.73. The van der Waals surface area contributed by atoms with Crippen molar-refractivity contribution in [2.24, 2.45) is 5.41 Å². The molecule has 1 aromatic heterocycles. The Balaban J connectivity index is 1.43. The zero-order valence-electron chi connectivity index (χ0n) is 18.2. The number of nitrogens with zero attached hydrogens (tertiary/aromatic N) is 4. The average Bonchev–Trinajstić information content (AvgIpc) is 3.04. The van der Waals surface area contributed by atoms with E-state index >= 15 is 0 Å². The predicted octanol–water partition coefficient (Wildman–Crippen LogP) is 5.27. The van der Waals surface area contributed by atoms with Crippen molar-refractivity contribution >= 4 is 11.5 Å². The molecule has 2 aliphatic heterocycles. The Morgan fingerprint density at radius 1 is 1.17 bits per heavy atom. The summed E-state index contributed by atoms with van der Waals surface area (Å²) in [6, 6.07) is 13.5. The third-order valence-electron chi connectivity index (χ3n) is 7.01. The van der Waals surface area contributed by atoms with Crippen molar-refractivity contribution in [3.63, 3.8) is 0 Å². The highest BCUT2D eigenvalue weighted by Gasteiger charge is 2.44. The molecule has 2 saturated heterocycles. The summed E-state index contributed by atoms with van der Waals surface area (Å²) in [6.45, 7) is 12.1. The number of hydrogen-bond donors (Lipinski definition) is 0. The van der Waals surface area contributed by atoms with Crippen LogP contribution in [0.2, 0.25) is 0 Å². The van der Waals surface area contributed by atoms with E-state index in [-0.39, 0.29) is 0 Å². The van der Waals surface area contributed by atoms with Gasteiger partial charge in [-0.3, -0.25) is 0 Å². The monoisotopic (exact) mass is 388 g/mol. The summed E-state index contributed by atoms with van der Waals surface area (Å²) in [5, 5.41) is 9.21. The highest BCUT2D eigenvalue weighted by atomic mass is 15.2. The minimum Gasteiger partial charge on any atom is -0.368 e. The second kappa shape index (κ2) is 7.71. The Morgan fingerprint density at radius 2 is 1.93 bits per heavy atom. The van der Waals surface area contributed by atoms with Gasteiger partial charge in [0.15, 0.2) is 0 Å². The third kappa shape index (κ3) is 3.83. The van der Waals surface area contributed by atoms with E-state index in [1.54, 1.807) is 0 Å². The molecule has 0 bridgehead atoms. The fourth-order valence-corrected chi connectivity index (χ4v) is 5.11. The van der Waals surface area contributed by atoms with Crippen LogP contribution in [0, 0.1) is 23.7 Å². The molecule has 1 unspecified atom stereocenters. The van der Waals surface area contributed by atoms with Crippen LogP contribution in [0.25, 0.3) is 0 Å². The van der Waals surface area contributed by atoms with Crippen LogP contribution in [0.1, 0.15) is 62.6 Å². The van der Waals surface area contributed by atoms with Gasteiger partial charge in [0.25, 0.3) is 0 Å². The summed E-state index contributed by atoms with van der Waals surface area (Å²) in [5.41, 5.74) is 4.82. The molecule has 1 spiro atoms. The van der Waals surface area contributed by atoms with Crippen molar-refractivity contribution in [2.75, 3.05) is 29.4 Å². The largest absolute Gasteiger partial charge is 0.368 e. The third-order valence-corrected chi connectivity index (χ3v) is 7.01. The molecule has 0 aliphatic carbocycles. The van der Waals surface area contributed by atoms with Gasteiger partial charge in [-0.15, -0.1) is 0 Å². The van der Waals surface area contributed by atoms with Gasteiger partial charge >= 0.3 is 0 Å². The summed E-state index contributed by atoms with van der Waals surface area (Å²) in [7, 11) is 0. The fraction of sp³-hybridized carbons (Fsp3) is 0.520. The maximum absolute atomic E-state index is 9.21. The van der Waals surface area contributed by atoms with E-state index in [4.69, 9.17) is 4.98 Å². The molecule has 0 saturated carbocycles. The van der Waals surface area contributed by atoms with Gasteiger partial charge in [0, 0.05) is 37.6 Å². The van der Waals surface area contributed by atoms with Gasteiger partial charge in [-0.2, -0.15) is 5.26 Å². The summed E-state index contributed by atoms with van der Waals surface area (Å²) in [4.78, 5) is 9.74. The van der Waals surface area contributed by atoms with E-state index < -0.39 is 0 Å². The van der Waals surface area contributed by atoms with Crippen molar-refractivity contribution in [2.45, 2.75) is 58.9 Å². The summed E-state index contributed by atoms with van der Waals surface area (Å²) < 4.78 is 0. The molecule has 1 atom stereocenters. The number of benzene rings is 1. The molecule has 4 heteroatoms. The first-order valence-corrected chi connectivity index (χ1v) is 10.9. The van der Waals surface area contributed by atoms with Crippen LogP contribution in [0.3, 0.4) is 0 Å². The Hall–Kier alpha value is -2.54. The topological polar surface area (TPSA) is 43.2 Å². The van der Waals surface area contributed by atoms with Crippen molar-refractivity contribution in [1.29, 1.82) is 5.26 Å². The summed E-state index contributed by atoms with van der Waals surface area (Å²) >= 11 is 0. The van der Waals surface area contributed by atoms with Gasteiger partial charge in [-0.05, 0) is 79.8 Å². The fourth-order valence-electron chi connectivity index (χ4n) is 5.11. The zero-order valence-corrected chi connectivity index (χ0v) is 18.2. The first-order valence-electron chi connectivity index (χ1n) is 10.9. The highest BCUT2D eigenvalue weighted by molar-refractivity contribution is 5.55. The Kier molecular flexibility index (Phi) is 5.25. The van der Waals surface area contributed by atoms with Gasteiger partial charge in [-0.1, -0.05) is 19.9 Å². The van der Waals surface area contributed by atoms with Crippen LogP contribution >= 0.6 is 0 Å². The Bertz CT molecular complexity index is 901. The maximum Gasteiger partial charge on any atom is 0.128 e. The molecule has 2 aliphatic rings. The van der Waals surface area contributed by atoms with E-state index in [0.29, 0.717) is 17.4 Å². The normalized spacial score (nSPS) is 21.0. The minimum absolute atomic E-state index is 0.398. The molecule has 152 valence electrons.